The number of nitrogens with zero attached hydrogens (tertiary/aromatic N) is 1. The minimum absolute atomic E-state index is 0.0146. The zero-order chi connectivity index (χ0) is 31.7. The third-order valence-corrected chi connectivity index (χ3v) is 8.61. The van der Waals surface area contributed by atoms with E-state index in [4.69, 9.17) is 30.1 Å². The zero-order valence-corrected chi connectivity index (χ0v) is 24.8. The molecular formula is C27H30ClF2N2O10P. The molecule has 2 heterocycles. The Balaban J connectivity index is 1.63. The van der Waals surface area contributed by atoms with Crippen LogP contribution in [0.25, 0.3) is 10.8 Å². The van der Waals surface area contributed by atoms with Crippen molar-refractivity contribution in [1.82, 2.24) is 9.99 Å². The number of Topliss-reactive ketones (excluding diaryl/α,β-unsaturated/α-hetero) is 1. The Morgan fingerprint density at radius 1 is 1.19 bits per heavy atom. The summed E-state index contributed by atoms with van der Waals surface area (Å²) in [6.07, 6.45) is -10.4. The molecule has 6 atom stereocenters. The van der Waals surface area contributed by atoms with E-state index in [9.17, 15) is 37.9 Å². The minimum atomic E-state index is -4.75. The van der Waals surface area contributed by atoms with Crippen molar-refractivity contribution in [1.29, 1.82) is 0 Å². The number of fused-ring (bicyclic) bond motifs is 1. The molecule has 16 heteroatoms. The molecule has 1 amide bonds. The zero-order valence-electron chi connectivity index (χ0n) is 23.2. The number of carbonyl (C=O) groups excluding carboxylic acids is 3. The van der Waals surface area contributed by atoms with Gasteiger partial charge < -0.3 is 24.2 Å². The summed E-state index contributed by atoms with van der Waals surface area (Å²) in [5, 5.41) is 24.8. The summed E-state index contributed by atoms with van der Waals surface area (Å²) in [6, 6.07) is 10.4. The van der Waals surface area contributed by atoms with Gasteiger partial charge in [-0.25, -0.2) is 13.3 Å². The normalized spacial score (nSPS) is 26.5. The largest absolute Gasteiger partial charge is 0.462 e. The molecule has 234 valence electrons. The van der Waals surface area contributed by atoms with Gasteiger partial charge in [0.25, 0.3) is 6.43 Å². The summed E-state index contributed by atoms with van der Waals surface area (Å²) in [5.41, 5.74) is -3.04. The summed E-state index contributed by atoms with van der Waals surface area (Å²) >= 11 is 5.81. The van der Waals surface area contributed by atoms with E-state index in [0.29, 0.717) is 10.3 Å². The smallest absolute Gasteiger partial charge is 0.459 e. The SMILES string of the molecule is CC(C)OC(=O)[C@H](C)NP(=O)(OC[C@@]1(C(F)F)O[C@@H](N2C=C(Cl)C(=O)CC2=O)[C@H](O)[C@@H]1O)Oc1ccc2ccccc2c1. The minimum Gasteiger partial charge on any atom is -0.462 e. The van der Waals surface area contributed by atoms with E-state index < -0.39 is 86.1 Å². The monoisotopic (exact) mass is 646 g/mol. The topological polar surface area (TPSA) is 161 Å². The number of esters is 1. The molecule has 4 rings (SSSR count). The molecule has 43 heavy (non-hydrogen) atoms. The molecule has 2 aromatic rings. The molecule has 2 aliphatic heterocycles. The van der Waals surface area contributed by atoms with Gasteiger partial charge in [0.05, 0.1) is 19.1 Å². The fourth-order valence-electron chi connectivity index (χ4n) is 4.45. The van der Waals surface area contributed by atoms with Crippen molar-refractivity contribution in [2.24, 2.45) is 0 Å². The van der Waals surface area contributed by atoms with E-state index in [-0.39, 0.29) is 5.75 Å². The average molecular weight is 647 g/mol. The van der Waals surface area contributed by atoms with Gasteiger partial charge in [0, 0.05) is 6.20 Å². The average Bonchev–Trinajstić information content (AvgIpc) is 3.19. The second-order valence-electron chi connectivity index (χ2n) is 10.3. The lowest BCUT2D eigenvalue weighted by atomic mass is 9.96. The number of allylic oxidation sites excluding steroid dienone is 1. The lowest BCUT2D eigenvalue weighted by Crippen LogP contribution is -2.53. The molecular weight excluding hydrogens is 617 g/mol. The van der Waals surface area contributed by atoms with E-state index in [0.717, 1.165) is 11.6 Å². The molecule has 3 N–H and O–H groups in total. The Morgan fingerprint density at radius 3 is 2.51 bits per heavy atom. The number of carbonyl (C=O) groups is 3. The summed E-state index contributed by atoms with van der Waals surface area (Å²) in [7, 11) is -4.75. The number of halogens is 3. The predicted octanol–water partition coefficient (Wildman–Crippen LogP) is 3.24. The van der Waals surface area contributed by atoms with Gasteiger partial charge in [-0.05, 0) is 43.7 Å². The van der Waals surface area contributed by atoms with E-state index in [1.165, 1.54) is 19.1 Å². The van der Waals surface area contributed by atoms with Crippen LogP contribution in [0.3, 0.4) is 0 Å². The highest BCUT2D eigenvalue weighted by molar-refractivity contribution is 7.52. The van der Waals surface area contributed by atoms with Gasteiger partial charge >= 0.3 is 13.7 Å². The lowest BCUT2D eigenvalue weighted by molar-refractivity contribution is -0.200. The molecule has 1 fully saturated rings. The summed E-state index contributed by atoms with van der Waals surface area (Å²) in [6.45, 7) is 3.12. The number of hydrogen-bond acceptors (Lipinski definition) is 10. The Labute approximate surface area is 250 Å². The molecule has 1 saturated heterocycles. The third-order valence-electron chi connectivity index (χ3n) is 6.68. The number of aliphatic hydroxyl groups is 2. The summed E-state index contributed by atoms with van der Waals surface area (Å²) in [5.74, 6) is -2.53. The standard InChI is InChI=1S/C27H30ClF2N2O10P/c1-14(2)40-25(37)15(3)31-43(38,42-18-9-8-16-6-4-5-7-17(16)10-18)39-13-27(26(29)30)23(36)22(35)24(41-27)32-12-19(28)20(33)11-21(32)34/h4-10,12,14-15,22-24,26,35-36H,11,13H2,1-3H3,(H,31,38)/t15-,22+,23-,24+,27+,43?/m0/s1. The molecule has 0 radical (unpaired) electrons. The number of benzene rings is 2. The van der Waals surface area contributed by atoms with Crippen molar-refractivity contribution in [2.45, 2.75) is 69.8 Å². The number of nitrogens with one attached hydrogen (secondary N) is 1. The fourth-order valence-corrected chi connectivity index (χ4v) is 6.15. The lowest BCUT2D eigenvalue weighted by Gasteiger charge is -2.34. The van der Waals surface area contributed by atoms with Crippen LogP contribution in [0, 0.1) is 0 Å². The number of ketones is 1. The highest BCUT2D eigenvalue weighted by Crippen LogP contribution is 2.49. The highest BCUT2D eigenvalue weighted by atomic mass is 35.5. The molecule has 0 saturated carbocycles. The van der Waals surface area contributed by atoms with Gasteiger partial charge in [-0.15, -0.1) is 0 Å². The molecule has 2 aliphatic rings. The number of hydrogen-bond donors (Lipinski definition) is 3. The van der Waals surface area contributed by atoms with Crippen LogP contribution >= 0.6 is 19.3 Å². The van der Waals surface area contributed by atoms with Gasteiger partial charge in [0.15, 0.2) is 17.6 Å². The molecule has 0 aromatic heterocycles. The summed E-state index contributed by atoms with van der Waals surface area (Å²) < 4.78 is 64.7. The van der Waals surface area contributed by atoms with Crippen molar-refractivity contribution < 1.29 is 56.5 Å². The van der Waals surface area contributed by atoms with Gasteiger partial charge in [0.2, 0.25) is 5.91 Å². The van der Waals surface area contributed by atoms with Gasteiger partial charge in [-0.1, -0.05) is 41.9 Å². The molecule has 2 aromatic carbocycles. The van der Waals surface area contributed by atoms with Gasteiger partial charge in [-0.2, -0.15) is 5.09 Å². The third kappa shape index (κ3) is 7.07. The van der Waals surface area contributed by atoms with E-state index in [1.807, 2.05) is 6.07 Å². The maximum absolute atomic E-state index is 14.6. The first-order valence-corrected chi connectivity index (χ1v) is 15.0. The number of rotatable bonds is 11. The first-order chi connectivity index (χ1) is 20.2. The molecule has 12 nitrogen and oxygen atoms in total. The molecule has 0 aliphatic carbocycles. The van der Waals surface area contributed by atoms with Crippen molar-refractivity contribution in [2.75, 3.05) is 6.61 Å². The Bertz CT molecular complexity index is 1480. The van der Waals surface area contributed by atoms with Crippen molar-refractivity contribution in [3.8, 4) is 5.75 Å². The van der Waals surface area contributed by atoms with Crippen LogP contribution in [0.4, 0.5) is 8.78 Å². The van der Waals surface area contributed by atoms with E-state index >= 15 is 0 Å². The molecule has 0 bridgehead atoms. The van der Waals surface area contributed by atoms with Crippen molar-refractivity contribution in [3.05, 3.63) is 53.7 Å². The molecule has 1 unspecified atom stereocenters. The van der Waals surface area contributed by atoms with Gasteiger partial charge in [-0.3, -0.25) is 23.8 Å². The number of ether oxygens (including phenoxy) is 2. The first kappa shape index (κ1) is 32.9. The first-order valence-electron chi connectivity index (χ1n) is 13.1. The Kier molecular flexibility index (Phi) is 9.92. The van der Waals surface area contributed by atoms with Crippen molar-refractivity contribution >= 4 is 47.8 Å². The second kappa shape index (κ2) is 12.9. The van der Waals surface area contributed by atoms with E-state index in [2.05, 4.69) is 5.09 Å². The number of alkyl halides is 2. The van der Waals surface area contributed by atoms with Crippen LogP contribution in [-0.4, -0.2) is 82.0 Å². The highest BCUT2D eigenvalue weighted by Gasteiger charge is 2.63. The van der Waals surface area contributed by atoms with Crippen LogP contribution in [0.15, 0.2) is 53.7 Å². The van der Waals surface area contributed by atoms with E-state index in [1.54, 1.807) is 38.1 Å². The van der Waals surface area contributed by atoms with Crippen molar-refractivity contribution in [3.63, 3.8) is 0 Å². The maximum Gasteiger partial charge on any atom is 0.459 e. The Hall–Kier alpha value is -2.97. The molecule has 0 spiro atoms. The van der Waals surface area contributed by atoms with Crippen LogP contribution in [0.2, 0.25) is 0 Å². The second-order valence-corrected chi connectivity index (χ2v) is 12.4. The van der Waals surface area contributed by atoms with Crippen LogP contribution in [0.1, 0.15) is 27.2 Å². The number of amides is 1. The number of aliphatic hydroxyl groups excluding tert-OH is 2. The predicted molar refractivity (Wildman–Crippen MR) is 148 cm³/mol. The Morgan fingerprint density at radius 2 is 1.86 bits per heavy atom. The fraction of sp³-hybridized carbons (Fsp3) is 0.444. The quantitative estimate of drug-likeness (QED) is 0.187. The van der Waals surface area contributed by atoms with Crippen LogP contribution in [-0.2, 0) is 32.9 Å². The van der Waals surface area contributed by atoms with Gasteiger partial charge in [0.1, 0.15) is 29.0 Å². The maximum atomic E-state index is 14.6. The van der Waals surface area contributed by atoms with Crippen LogP contribution < -0.4 is 9.61 Å². The summed E-state index contributed by atoms with van der Waals surface area (Å²) in [4.78, 5) is 37.3. The van der Waals surface area contributed by atoms with Crippen LogP contribution in [0.5, 0.6) is 5.75 Å².